The number of benzene rings is 1. The molecule has 1 fully saturated rings. The Bertz CT molecular complexity index is 537. The number of carbonyl (C=O) groups excluding carboxylic acids is 1. The van der Waals surface area contributed by atoms with E-state index < -0.39 is 5.97 Å². The molecule has 0 radical (unpaired) electrons. The Morgan fingerprint density at radius 3 is 2.86 bits per heavy atom. The van der Waals surface area contributed by atoms with Crippen molar-refractivity contribution in [1.82, 2.24) is 0 Å². The molecular formula is C16H21NO5. The molecule has 1 heterocycles. The number of hydrogen-bond acceptors (Lipinski definition) is 4. The topological polar surface area (TPSA) is 84.9 Å². The fraction of sp³-hybridized carbons (Fsp3) is 0.500. The molecule has 0 saturated carbocycles. The van der Waals surface area contributed by atoms with Gasteiger partial charge < -0.3 is 19.9 Å². The molecular weight excluding hydrogens is 286 g/mol. The zero-order chi connectivity index (χ0) is 15.9. The highest BCUT2D eigenvalue weighted by Gasteiger charge is 2.17. The van der Waals surface area contributed by atoms with E-state index in [-0.39, 0.29) is 17.6 Å². The van der Waals surface area contributed by atoms with E-state index in [0.717, 1.165) is 19.4 Å². The summed E-state index contributed by atoms with van der Waals surface area (Å²) in [5.41, 5.74) is 1.31. The van der Waals surface area contributed by atoms with Crippen molar-refractivity contribution >= 4 is 17.6 Å². The lowest BCUT2D eigenvalue weighted by atomic mass is 10.1. The predicted molar refractivity (Wildman–Crippen MR) is 81.0 cm³/mol. The van der Waals surface area contributed by atoms with Crippen LogP contribution in [0.5, 0.6) is 0 Å². The minimum absolute atomic E-state index is 0.129. The molecule has 0 aliphatic carbocycles. The smallest absolute Gasteiger partial charge is 0.335 e. The number of carboxylic acids is 1. The van der Waals surface area contributed by atoms with Gasteiger partial charge in [-0.15, -0.1) is 0 Å². The van der Waals surface area contributed by atoms with E-state index in [1.807, 2.05) is 0 Å². The van der Waals surface area contributed by atoms with Crippen LogP contribution in [0.25, 0.3) is 0 Å². The fourth-order valence-corrected chi connectivity index (χ4v) is 2.53. The van der Waals surface area contributed by atoms with Crippen LogP contribution in [0, 0.1) is 0 Å². The van der Waals surface area contributed by atoms with E-state index >= 15 is 0 Å². The highest BCUT2D eigenvalue weighted by Crippen LogP contribution is 2.19. The number of carbonyl (C=O) groups is 2. The summed E-state index contributed by atoms with van der Waals surface area (Å²) in [5, 5.41) is 11.9. The second-order valence-corrected chi connectivity index (χ2v) is 5.38. The highest BCUT2D eigenvalue weighted by molar-refractivity contribution is 5.94. The number of ether oxygens (including phenoxy) is 2. The summed E-state index contributed by atoms with van der Waals surface area (Å²) in [7, 11) is 1.54. The van der Waals surface area contributed by atoms with Gasteiger partial charge in [0.2, 0.25) is 5.91 Å². The molecule has 2 N–H and O–H groups in total. The van der Waals surface area contributed by atoms with Crippen molar-refractivity contribution in [1.29, 1.82) is 0 Å². The number of methoxy groups -OCH3 is 1. The van der Waals surface area contributed by atoms with Crippen LogP contribution in [0.2, 0.25) is 0 Å². The molecule has 0 bridgehead atoms. The number of hydrogen-bond donors (Lipinski definition) is 2. The maximum Gasteiger partial charge on any atom is 0.335 e. The normalized spacial score (nSPS) is 17.4. The van der Waals surface area contributed by atoms with Gasteiger partial charge in [0.25, 0.3) is 0 Å². The van der Waals surface area contributed by atoms with Gasteiger partial charge in [-0.1, -0.05) is 0 Å². The van der Waals surface area contributed by atoms with Gasteiger partial charge in [-0.2, -0.15) is 0 Å². The quantitative estimate of drug-likeness (QED) is 0.808. The standard InChI is InChI=1S/C16H21NO5/c1-21-10-11-7-12(16(19)20)9-13(8-11)17-15(18)5-4-14-3-2-6-22-14/h7-9,14H,2-6,10H2,1H3,(H,17,18)(H,19,20). The molecule has 1 aliphatic heterocycles. The molecule has 1 atom stereocenters. The Kier molecular flexibility index (Phi) is 5.91. The third-order valence-corrected chi connectivity index (χ3v) is 3.55. The number of carboxylic acid groups (broad SMARTS) is 1. The van der Waals surface area contributed by atoms with E-state index in [1.54, 1.807) is 6.07 Å². The lowest BCUT2D eigenvalue weighted by molar-refractivity contribution is -0.116. The summed E-state index contributed by atoms with van der Waals surface area (Å²) in [6.07, 6.45) is 3.27. The third-order valence-electron chi connectivity index (χ3n) is 3.55. The summed E-state index contributed by atoms with van der Waals surface area (Å²) in [6.45, 7) is 1.06. The average molecular weight is 307 g/mol. The molecule has 1 saturated heterocycles. The van der Waals surface area contributed by atoms with Crippen molar-refractivity contribution in [3.63, 3.8) is 0 Å². The van der Waals surface area contributed by atoms with Crippen LogP contribution >= 0.6 is 0 Å². The van der Waals surface area contributed by atoms with Crippen LogP contribution in [0.15, 0.2) is 18.2 Å². The van der Waals surface area contributed by atoms with Gasteiger partial charge in [-0.3, -0.25) is 4.79 Å². The van der Waals surface area contributed by atoms with Gasteiger partial charge in [0.05, 0.1) is 18.3 Å². The van der Waals surface area contributed by atoms with Gasteiger partial charge in [0, 0.05) is 25.8 Å². The Balaban J connectivity index is 1.97. The Morgan fingerprint density at radius 1 is 1.41 bits per heavy atom. The van der Waals surface area contributed by atoms with E-state index in [2.05, 4.69) is 5.32 Å². The van der Waals surface area contributed by atoms with Crippen LogP contribution in [0.1, 0.15) is 41.6 Å². The van der Waals surface area contributed by atoms with Gasteiger partial charge in [0.1, 0.15) is 0 Å². The molecule has 120 valence electrons. The Morgan fingerprint density at radius 2 is 2.23 bits per heavy atom. The van der Waals surface area contributed by atoms with Gasteiger partial charge in [-0.25, -0.2) is 4.79 Å². The second kappa shape index (κ2) is 7.91. The molecule has 2 rings (SSSR count). The summed E-state index contributed by atoms with van der Waals surface area (Å²) < 4.78 is 10.5. The van der Waals surface area contributed by atoms with Crippen molar-refractivity contribution in [3.05, 3.63) is 29.3 Å². The zero-order valence-corrected chi connectivity index (χ0v) is 12.6. The molecule has 6 heteroatoms. The van der Waals surface area contributed by atoms with Crippen molar-refractivity contribution in [2.45, 2.75) is 38.4 Å². The minimum Gasteiger partial charge on any atom is -0.478 e. The molecule has 1 aromatic rings. The highest BCUT2D eigenvalue weighted by atomic mass is 16.5. The first-order valence-electron chi connectivity index (χ1n) is 7.36. The summed E-state index contributed by atoms with van der Waals surface area (Å²) in [5.74, 6) is -1.17. The first-order valence-corrected chi connectivity index (χ1v) is 7.36. The minimum atomic E-state index is -1.03. The van der Waals surface area contributed by atoms with Crippen LogP contribution < -0.4 is 5.32 Å². The average Bonchev–Trinajstić information content (AvgIpc) is 2.98. The van der Waals surface area contributed by atoms with E-state index in [1.165, 1.54) is 19.2 Å². The summed E-state index contributed by atoms with van der Waals surface area (Å²) in [6, 6.07) is 4.71. The van der Waals surface area contributed by atoms with Crippen LogP contribution in [0.4, 0.5) is 5.69 Å². The van der Waals surface area contributed by atoms with Gasteiger partial charge >= 0.3 is 5.97 Å². The van der Waals surface area contributed by atoms with E-state index in [4.69, 9.17) is 14.6 Å². The number of anilines is 1. The zero-order valence-electron chi connectivity index (χ0n) is 12.6. The summed E-state index contributed by atoms with van der Waals surface area (Å²) >= 11 is 0. The molecule has 1 aliphatic rings. The van der Waals surface area contributed by atoms with Crippen LogP contribution in [0.3, 0.4) is 0 Å². The van der Waals surface area contributed by atoms with Crippen molar-refractivity contribution in [2.75, 3.05) is 19.0 Å². The van der Waals surface area contributed by atoms with Crippen LogP contribution in [-0.2, 0) is 20.9 Å². The number of aromatic carboxylic acids is 1. The third kappa shape index (κ3) is 4.82. The van der Waals surface area contributed by atoms with E-state index in [0.29, 0.717) is 30.7 Å². The Labute approximate surface area is 129 Å². The molecule has 6 nitrogen and oxygen atoms in total. The summed E-state index contributed by atoms with van der Waals surface area (Å²) in [4.78, 5) is 23.1. The van der Waals surface area contributed by atoms with Gasteiger partial charge in [-0.05, 0) is 43.0 Å². The molecule has 1 amide bonds. The second-order valence-electron chi connectivity index (χ2n) is 5.38. The molecule has 1 unspecified atom stereocenters. The number of nitrogens with one attached hydrogen (secondary N) is 1. The molecule has 0 aromatic heterocycles. The molecule has 22 heavy (non-hydrogen) atoms. The fourth-order valence-electron chi connectivity index (χ4n) is 2.53. The predicted octanol–water partition coefficient (Wildman–Crippen LogP) is 2.43. The first kappa shape index (κ1) is 16.5. The van der Waals surface area contributed by atoms with Crippen molar-refractivity contribution < 1.29 is 24.2 Å². The largest absolute Gasteiger partial charge is 0.478 e. The first-order chi connectivity index (χ1) is 10.6. The maximum atomic E-state index is 12.0. The van der Waals surface area contributed by atoms with Crippen molar-refractivity contribution in [3.8, 4) is 0 Å². The maximum absolute atomic E-state index is 12.0. The van der Waals surface area contributed by atoms with Crippen molar-refractivity contribution in [2.24, 2.45) is 0 Å². The number of amides is 1. The van der Waals surface area contributed by atoms with E-state index in [9.17, 15) is 9.59 Å². The molecule has 1 aromatic carbocycles. The SMILES string of the molecule is COCc1cc(NC(=O)CCC2CCCO2)cc(C(=O)O)c1. The monoisotopic (exact) mass is 307 g/mol. The van der Waals surface area contributed by atoms with Crippen LogP contribution in [-0.4, -0.2) is 36.8 Å². The van der Waals surface area contributed by atoms with Gasteiger partial charge in [0.15, 0.2) is 0 Å². The number of rotatable bonds is 7. The lowest BCUT2D eigenvalue weighted by Crippen LogP contribution is -2.15. The lowest BCUT2D eigenvalue weighted by Gasteiger charge is -2.11. The molecule has 0 spiro atoms. The Hall–Kier alpha value is -1.92.